The van der Waals surface area contributed by atoms with Crippen molar-refractivity contribution in [1.29, 1.82) is 5.26 Å². The number of aromatic nitrogens is 1. The second-order valence-corrected chi connectivity index (χ2v) is 7.88. The van der Waals surface area contributed by atoms with Gasteiger partial charge < -0.3 is 14.6 Å². The number of hydrogen-bond acceptors (Lipinski definition) is 5. The van der Waals surface area contributed by atoms with Gasteiger partial charge in [0, 0.05) is 16.5 Å². The Kier molecular flexibility index (Phi) is 4.88. The number of amides is 1. The molecule has 0 radical (unpaired) electrons. The Morgan fingerprint density at radius 1 is 1.32 bits per heavy atom. The van der Waals surface area contributed by atoms with Crippen LogP contribution in [0.2, 0.25) is 0 Å². The van der Waals surface area contributed by atoms with E-state index >= 15 is 0 Å². The molecule has 3 aromatic rings. The minimum absolute atomic E-state index is 0.103. The number of pyridine rings is 1. The van der Waals surface area contributed by atoms with Crippen molar-refractivity contribution in [2.45, 2.75) is 32.2 Å². The molecular weight excluding hydrogens is 374 g/mol. The molecule has 2 aromatic heterocycles. The minimum Gasteiger partial charge on any atom is -0.497 e. The summed E-state index contributed by atoms with van der Waals surface area (Å²) in [4.78, 5) is 26.4. The number of nitriles is 1. The highest BCUT2D eigenvalue weighted by Gasteiger charge is 2.22. The third kappa shape index (κ3) is 3.27. The van der Waals surface area contributed by atoms with Gasteiger partial charge in [-0.1, -0.05) is 0 Å². The minimum atomic E-state index is -0.315. The zero-order valence-corrected chi connectivity index (χ0v) is 16.3. The Bertz CT molecular complexity index is 1170. The Hall–Kier alpha value is -3.11. The van der Waals surface area contributed by atoms with Crippen LogP contribution in [0.1, 0.15) is 28.8 Å². The van der Waals surface area contributed by atoms with Gasteiger partial charge in [-0.05, 0) is 60.9 Å². The van der Waals surface area contributed by atoms with Crippen molar-refractivity contribution in [1.82, 2.24) is 4.57 Å². The summed E-state index contributed by atoms with van der Waals surface area (Å²) in [6.45, 7) is -0.103. The maximum atomic E-state index is 12.7. The molecule has 1 aliphatic carbocycles. The van der Waals surface area contributed by atoms with Crippen LogP contribution in [0.5, 0.6) is 5.75 Å². The van der Waals surface area contributed by atoms with E-state index in [1.807, 2.05) is 0 Å². The number of rotatable bonds is 4. The molecule has 1 aromatic carbocycles. The van der Waals surface area contributed by atoms with E-state index in [9.17, 15) is 14.9 Å². The quantitative estimate of drug-likeness (QED) is 0.736. The molecule has 1 amide bonds. The first-order chi connectivity index (χ1) is 13.6. The van der Waals surface area contributed by atoms with E-state index < -0.39 is 0 Å². The number of benzene rings is 1. The number of nitrogens with zero attached hydrogens (tertiary/aromatic N) is 2. The molecule has 0 atom stereocenters. The van der Waals surface area contributed by atoms with E-state index in [2.05, 4.69) is 11.4 Å². The molecule has 0 unspecified atom stereocenters. The van der Waals surface area contributed by atoms with Crippen LogP contribution in [-0.2, 0) is 24.2 Å². The van der Waals surface area contributed by atoms with Crippen LogP contribution in [0.4, 0.5) is 5.00 Å². The molecular formula is C21H19N3O3S. The summed E-state index contributed by atoms with van der Waals surface area (Å²) >= 11 is 1.48. The number of anilines is 1. The van der Waals surface area contributed by atoms with Crippen molar-refractivity contribution in [2.24, 2.45) is 0 Å². The van der Waals surface area contributed by atoms with Crippen LogP contribution < -0.4 is 15.6 Å². The average molecular weight is 393 g/mol. The largest absolute Gasteiger partial charge is 0.497 e. The molecule has 0 spiro atoms. The number of carbonyl (C=O) groups excluding carboxylic acids is 1. The summed E-state index contributed by atoms with van der Waals surface area (Å²) in [7, 11) is 1.57. The van der Waals surface area contributed by atoms with Gasteiger partial charge in [-0.3, -0.25) is 9.59 Å². The Morgan fingerprint density at radius 2 is 2.14 bits per heavy atom. The molecule has 0 fully saturated rings. The molecule has 0 bridgehead atoms. The molecule has 0 aliphatic heterocycles. The lowest BCUT2D eigenvalue weighted by Crippen LogP contribution is -2.27. The number of hydrogen-bond donors (Lipinski definition) is 1. The van der Waals surface area contributed by atoms with Crippen LogP contribution in [-0.4, -0.2) is 17.6 Å². The number of ether oxygens (including phenoxy) is 1. The van der Waals surface area contributed by atoms with Crippen LogP contribution in [0.15, 0.2) is 35.3 Å². The number of nitrogens with one attached hydrogen (secondary N) is 1. The first-order valence-electron chi connectivity index (χ1n) is 9.12. The van der Waals surface area contributed by atoms with Crippen LogP contribution >= 0.6 is 11.3 Å². The molecule has 1 N–H and O–H groups in total. The molecule has 7 heteroatoms. The molecule has 0 saturated carbocycles. The van der Waals surface area contributed by atoms with Gasteiger partial charge >= 0.3 is 0 Å². The summed E-state index contributed by atoms with van der Waals surface area (Å²) in [5.74, 6) is 0.359. The van der Waals surface area contributed by atoms with Crippen LogP contribution in [0, 0.1) is 11.3 Å². The van der Waals surface area contributed by atoms with Crippen molar-refractivity contribution < 1.29 is 9.53 Å². The topological polar surface area (TPSA) is 84.1 Å². The summed E-state index contributed by atoms with van der Waals surface area (Å²) in [5, 5.41) is 14.2. The van der Waals surface area contributed by atoms with Gasteiger partial charge in [-0.2, -0.15) is 5.26 Å². The summed E-state index contributed by atoms with van der Waals surface area (Å²) in [5.41, 5.74) is 1.41. The molecule has 2 heterocycles. The fourth-order valence-electron chi connectivity index (χ4n) is 3.61. The number of carbonyl (C=O) groups is 1. The van der Waals surface area contributed by atoms with Gasteiger partial charge in [0.2, 0.25) is 5.91 Å². The number of aryl methyl sites for hydroxylation is 1. The van der Waals surface area contributed by atoms with Crippen LogP contribution in [0.3, 0.4) is 0 Å². The molecule has 28 heavy (non-hydrogen) atoms. The fraction of sp³-hybridized carbons (Fsp3) is 0.286. The highest BCUT2D eigenvalue weighted by molar-refractivity contribution is 7.16. The normalized spacial score (nSPS) is 13.0. The molecule has 142 valence electrons. The Morgan fingerprint density at radius 3 is 2.93 bits per heavy atom. The highest BCUT2D eigenvalue weighted by atomic mass is 32.1. The van der Waals surface area contributed by atoms with Crippen molar-refractivity contribution in [3.8, 4) is 11.8 Å². The van der Waals surface area contributed by atoms with Gasteiger partial charge in [0.1, 0.15) is 23.4 Å². The predicted molar refractivity (Wildman–Crippen MR) is 109 cm³/mol. The van der Waals surface area contributed by atoms with Gasteiger partial charge in [-0.25, -0.2) is 0 Å². The average Bonchev–Trinajstić information content (AvgIpc) is 3.06. The first-order valence-corrected chi connectivity index (χ1v) is 9.94. The van der Waals surface area contributed by atoms with E-state index in [1.165, 1.54) is 20.8 Å². The van der Waals surface area contributed by atoms with Gasteiger partial charge in [0.25, 0.3) is 5.56 Å². The third-order valence-corrected chi connectivity index (χ3v) is 6.24. The Balaban J connectivity index is 1.58. The van der Waals surface area contributed by atoms with Crippen LogP contribution in [0.25, 0.3) is 10.8 Å². The Labute approximate surface area is 166 Å². The van der Waals surface area contributed by atoms with Crippen molar-refractivity contribution in [3.63, 3.8) is 0 Å². The zero-order chi connectivity index (χ0) is 19.7. The van der Waals surface area contributed by atoms with Crippen molar-refractivity contribution in [3.05, 3.63) is 56.8 Å². The maximum Gasteiger partial charge on any atom is 0.258 e. The van der Waals surface area contributed by atoms with Crippen molar-refractivity contribution >= 4 is 33.0 Å². The predicted octanol–water partition coefficient (Wildman–Crippen LogP) is 3.46. The smallest absolute Gasteiger partial charge is 0.258 e. The fourth-order valence-corrected chi connectivity index (χ4v) is 4.87. The highest BCUT2D eigenvalue weighted by Crippen LogP contribution is 2.37. The molecule has 1 aliphatic rings. The summed E-state index contributed by atoms with van der Waals surface area (Å²) < 4.78 is 6.56. The van der Waals surface area contributed by atoms with E-state index in [0.717, 1.165) is 36.6 Å². The second kappa shape index (κ2) is 7.49. The molecule has 0 saturated heterocycles. The summed E-state index contributed by atoms with van der Waals surface area (Å²) in [6, 6.07) is 9.24. The summed E-state index contributed by atoms with van der Waals surface area (Å²) in [6.07, 6.45) is 5.64. The van der Waals surface area contributed by atoms with Crippen molar-refractivity contribution in [2.75, 3.05) is 12.4 Å². The number of thiophene rings is 1. The van der Waals surface area contributed by atoms with E-state index in [1.54, 1.807) is 37.6 Å². The number of fused-ring (bicyclic) bond motifs is 2. The second-order valence-electron chi connectivity index (χ2n) is 6.78. The lowest BCUT2D eigenvalue weighted by molar-refractivity contribution is -0.116. The first kappa shape index (κ1) is 18.3. The van der Waals surface area contributed by atoms with E-state index in [-0.39, 0.29) is 18.0 Å². The molecule has 6 nitrogen and oxygen atoms in total. The van der Waals surface area contributed by atoms with Gasteiger partial charge in [0.05, 0.1) is 12.7 Å². The number of methoxy groups -OCH3 is 1. The third-order valence-electron chi connectivity index (χ3n) is 5.03. The SMILES string of the molecule is COc1ccc2c(=O)n(CC(=O)Nc3sc4c(c3C#N)CCCC4)ccc2c1. The van der Waals surface area contributed by atoms with Gasteiger partial charge in [0.15, 0.2) is 0 Å². The van der Waals surface area contributed by atoms with Gasteiger partial charge in [-0.15, -0.1) is 11.3 Å². The van der Waals surface area contributed by atoms with E-state index in [0.29, 0.717) is 21.7 Å². The maximum absolute atomic E-state index is 12.7. The zero-order valence-electron chi connectivity index (χ0n) is 15.4. The molecule has 4 rings (SSSR count). The monoisotopic (exact) mass is 393 g/mol. The standard InChI is InChI=1S/C21H19N3O3S/c1-27-14-6-7-15-13(10-14)8-9-24(21(15)26)12-19(25)23-20-17(11-22)16-4-2-3-5-18(16)28-20/h6-10H,2-5,12H2,1H3,(H,23,25). The lowest BCUT2D eigenvalue weighted by atomic mass is 9.96. The lowest BCUT2D eigenvalue weighted by Gasteiger charge is -2.09. The van der Waals surface area contributed by atoms with E-state index in [4.69, 9.17) is 4.74 Å².